The second kappa shape index (κ2) is 4.95. The third-order valence-electron chi connectivity index (χ3n) is 2.19. The normalized spacial score (nSPS) is 25.5. The van der Waals surface area contributed by atoms with Crippen molar-refractivity contribution in [3.05, 3.63) is 23.7 Å². The van der Waals surface area contributed by atoms with E-state index in [2.05, 4.69) is 13.8 Å². The summed E-state index contributed by atoms with van der Waals surface area (Å²) >= 11 is 0. The van der Waals surface area contributed by atoms with E-state index >= 15 is 0 Å². The van der Waals surface area contributed by atoms with Crippen LogP contribution >= 0.6 is 0 Å². The van der Waals surface area contributed by atoms with Crippen LogP contribution in [0.4, 0.5) is 0 Å². The summed E-state index contributed by atoms with van der Waals surface area (Å²) in [5.41, 5.74) is 0. The van der Waals surface area contributed by atoms with Crippen molar-refractivity contribution in [3.8, 4) is 0 Å². The van der Waals surface area contributed by atoms with Crippen LogP contribution in [0.2, 0.25) is 0 Å². The lowest BCUT2D eigenvalue weighted by molar-refractivity contribution is 0.0464. The summed E-state index contributed by atoms with van der Waals surface area (Å²) in [7, 11) is 0. The Kier molecular flexibility index (Phi) is 3.87. The molecule has 0 spiro atoms. The molecule has 0 aromatic rings. The van der Waals surface area contributed by atoms with Crippen molar-refractivity contribution in [1.29, 1.82) is 0 Å². The Bertz CT molecular complexity index is 216. The summed E-state index contributed by atoms with van der Waals surface area (Å²) in [6.07, 6.45) is 7.15. The topological polar surface area (TPSA) is 29.5 Å². The molecule has 1 atom stereocenters. The highest BCUT2D eigenvalue weighted by Gasteiger charge is 2.24. The summed E-state index contributed by atoms with van der Waals surface area (Å²) < 4.78 is 5.14. The van der Waals surface area contributed by atoms with Gasteiger partial charge in [0.1, 0.15) is 5.76 Å². The predicted octanol–water partition coefficient (Wildman–Crippen LogP) is 3.17. The smallest absolute Gasteiger partial charge is 0.153 e. The summed E-state index contributed by atoms with van der Waals surface area (Å²) in [5.74, 6) is 1.43. The van der Waals surface area contributed by atoms with Gasteiger partial charge in [0.15, 0.2) is 5.76 Å². The fourth-order valence-corrected chi connectivity index (χ4v) is 1.26. The second-order valence-electron chi connectivity index (χ2n) is 3.51. The standard InChI is InChI=1S/C11H18O2/c1-3-4-5-6-7-10(12)11-9(2)8-13-11/h6-7,9,12H,3-5,8H2,1-2H3. The van der Waals surface area contributed by atoms with E-state index in [1.54, 1.807) is 6.08 Å². The van der Waals surface area contributed by atoms with Gasteiger partial charge < -0.3 is 9.84 Å². The van der Waals surface area contributed by atoms with E-state index in [4.69, 9.17) is 4.74 Å². The molecule has 1 unspecified atom stereocenters. The Balaban J connectivity index is 2.35. The molecule has 0 aromatic heterocycles. The number of hydrogen-bond donors (Lipinski definition) is 1. The van der Waals surface area contributed by atoms with Crippen molar-refractivity contribution >= 4 is 0 Å². The quantitative estimate of drug-likeness (QED) is 0.534. The van der Waals surface area contributed by atoms with E-state index in [0.29, 0.717) is 11.7 Å². The molecule has 0 radical (unpaired) electrons. The molecule has 1 heterocycles. The van der Waals surface area contributed by atoms with Gasteiger partial charge in [0, 0.05) is 0 Å². The molecule has 1 rings (SSSR count). The molecule has 1 fully saturated rings. The van der Waals surface area contributed by atoms with Crippen LogP contribution < -0.4 is 0 Å². The van der Waals surface area contributed by atoms with E-state index < -0.39 is 0 Å². The van der Waals surface area contributed by atoms with Crippen molar-refractivity contribution in [2.75, 3.05) is 6.61 Å². The van der Waals surface area contributed by atoms with Gasteiger partial charge in [-0.15, -0.1) is 0 Å². The number of ether oxygens (including phenoxy) is 1. The van der Waals surface area contributed by atoms with Gasteiger partial charge in [-0.3, -0.25) is 0 Å². The maximum absolute atomic E-state index is 9.51. The van der Waals surface area contributed by atoms with Crippen LogP contribution in [0.1, 0.15) is 33.1 Å². The van der Waals surface area contributed by atoms with Crippen molar-refractivity contribution in [1.82, 2.24) is 0 Å². The largest absolute Gasteiger partial charge is 0.504 e. The Morgan fingerprint density at radius 3 is 2.92 bits per heavy atom. The van der Waals surface area contributed by atoms with Gasteiger partial charge in [-0.2, -0.15) is 0 Å². The summed E-state index contributed by atoms with van der Waals surface area (Å²) in [4.78, 5) is 0. The maximum Gasteiger partial charge on any atom is 0.153 e. The minimum atomic E-state index is 0.301. The Morgan fingerprint density at radius 2 is 2.46 bits per heavy atom. The van der Waals surface area contributed by atoms with Crippen LogP contribution in [-0.4, -0.2) is 11.7 Å². The lowest BCUT2D eigenvalue weighted by Gasteiger charge is -2.27. The van der Waals surface area contributed by atoms with Gasteiger partial charge in [0.05, 0.1) is 12.5 Å². The second-order valence-corrected chi connectivity index (χ2v) is 3.51. The molecule has 1 aliphatic rings. The Hall–Kier alpha value is -0.920. The third kappa shape index (κ3) is 2.79. The van der Waals surface area contributed by atoms with E-state index in [-0.39, 0.29) is 0 Å². The highest BCUT2D eigenvalue weighted by molar-refractivity contribution is 5.19. The zero-order valence-corrected chi connectivity index (χ0v) is 8.42. The average Bonchev–Trinajstić information content (AvgIpc) is 2.10. The third-order valence-corrected chi connectivity index (χ3v) is 2.19. The first kappa shape index (κ1) is 10.2. The Labute approximate surface area is 79.9 Å². The molecule has 13 heavy (non-hydrogen) atoms. The highest BCUT2D eigenvalue weighted by atomic mass is 16.5. The molecule has 1 saturated heterocycles. The van der Waals surface area contributed by atoms with Crippen LogP contribution in [0, 0.1) is 5.92 Å². The van der Waals surface area contributed by atoms with Gasteiger partial charge >= 0.3 is 0 Å². The summed E-state index contributed by atoms with van der Waals surface area (Å²) in [5, 5.41) is 9.51. The molecule has 2 heteroatoms. The summed E-state index contributed by atoms with van der Waals surface area (Å²) in [6.45, 7) is 4.94. The maximum atomic E-state index is 9.51. The van der Waals surface area contributed by atoms with Crippen LogP contribution in [0.15, 0.2) is 23.7 Å². The lowest BCUT2D eigenvalue weighted by atomic mass is 10.1. The van der Waals surface area contributed by atoms with Crippen LogP contribution in [0.3, 0.4) is 0 Å². The van der Waals surface area contributed by atoms with E-state index in [9.17, 15) is 5.11 Å². The van der Waals surface area contributed by atoms with Crippen molar-refractivity contribution in [3.63, 3.8) is 0 Å². The van der Waals surface area contributed by atoms with Crippen LogP contribution in [-0.2, 0) is 4.74 Å². The molecule has 0 bridgehead atoms. The zero-order chi connectivity index (χ0) is 9.68. The van der Waals surface area contributed by atoms with Crippen LogP contribution in [0.5, 0.6) is 0 Å². The first-order valence-corrected chi connectivity index (χ1v) is 4.98. The summed E-state index contributed by atoms with van der Waals surface area (Å²) in [6, 6.07) is 0. The zero-order valence-electron chi connectivity index (χ0n) is 8.42. The molecule has 74 valence electrons. The first-order valence-electron chi connectivity index (χ1n) is 4.98. The number of unbranched alkanes of at least 4 members (excludes halogenated alkanes) is 2. The van der Waals surface area contributed by atoms with Crippen molar-refractivity contribution < 1.29 is 9.84 Å². The molecule has 2 nitrogen and oxygen atoms in total. The van der Waals surface area contributed by atoms with Crippen molar-refractivity contribution in [2.45, 2.75) is 33.1 Å². The fourth-order valence-electron chi connectivity index (χ4n) is 1.26. The SMILES string of the molecule is CCCCC=CC(O)=C1OCC1C. The average molecular weight is 182 g/mol. The van der Waals surface area contributed by atoms with E-state index in [1.807, 2.05) is 6.08 Å². The number of rotatable bonds is 4. The van der Waals surface area contributed by atoms with Crippen molar-refractivity contribution in [2.24, 2.45) is 5.92 Å². The van der Waals surface area contributed by atoms with Gasteiger partial charge in [-0.05, 0) is 12.5 Å². The van der Waals surface area contributed by atoms with Crippen LogP contribution in [0.25, 0.3) is 0 Å². The number of aliphatic hydroxyl groups excluding tert-OH is 1. The molecular formula is C11H18O2. The molecule has 1 aliphatic heterocycles. The van der Waals surface area contributed by atoms with Gasteiger partial charge in [0.25, 0.3) is 0 Å². The molecule has 1 N–H and O–H groups in total. The first-order chi connectivity index (χ1) is 6.25. The lowest BCUT2D eigenvalue weighted by Crippen LogP contribution is -2.23. The number of allylic oxidation sites excluding steroid dienone is 2. The number of hydrogen-bond acceptors (Lipinski definition) is 2. The van der Waals surface area contributed by atoms with Gasteiger partial charge in [-0.1, -0.05) is 32.8 Å². The Morgan fingerprint density at radius 1 is 1.69 bits per heavy atom. The van der Waals surface area contributed by atoms with Gasteiger partial charge in [0.2, 0.25) is 0 Å². The molecule has 0 saturated carbocycles. The predicted molar refractivity (Wildman–Crippen MR) is 53.4 cm³/mol. The molecule has 0 amide bonds. The molecule has 0 aromatic carbocycles. The fraction of sp³-hybridized carbons (Fsp3) is 0.636. The van der Waals surface area contributed by atoms with E-state index in [1.165, 1.54) is 12.8 Å². The number of aliphatic hydroxyl groups is 1. The van der Waals surface area contributed by atoms with Gasteiger partial charge in [-0.25, -0.2) is 0 Å². The highest BCUT2D eigenvalue weighted by Crippen LogP contribution is 2.26. The van der Waals surface area contributed by atoms with E-state index in [0.717, 1.165) is 18.8 Å². The molecule has 0 aliphatic carbocycles. The monoisotopic (exact) mass is 182 g/mol. The minimum Gasteiger partial charge on any atom is -0.504 e. The minimum absolute atomic E-state index is 0.301. The molecular weight excluding hydrogens is 164 g/mol.